The topological polar surface area (TPSA) is 87.1 Å². The second-order valence-corrected chi connectivity index (χ2v) is 4.53. The molecule has 0 bridgehead atoms. The molecule has 0 radical (unpaired) electrons. The minimum absolute atomic E-state index is 0.0946. The first kappa shape index (κ1) is 15.7. The summed E-state index contributed by atoms with van der Waals surface area (Å²) >= 11 is 0. The maximum atomic E-state index is 11.5. The van der Waals surface area contributed by atoms with Crippen LogP contribution >= 0.6 is 0 Å². The van der Waals surface area contributed by atoms with Crippen LogP contribution in [0.25, 0.3) is 0 Å². The molecule has 0 aliphatic carbocycles. The Morgan fingerprint density at radius 3 is 2.40 bits per heavy atom. The number of carbonyl (C=O) groups is 2. The van der Waals surface area contributed by atoms with Crippen LogP contribution in [-0.2, 0) is 20.8 Å². The van der Waals surface area contributed by atoms with Crippen LogP contribution < -0.4 is 0 Å². The number of hydrogen-bond acceptors (Lipinski definition) is 5. The van der Waals surface area contributed by atoms with E-state index in [-0.39, 0.29) is 12.2 Å². The third-order valence-electron chi connectivity index (χ3n) is 3.03. The number of hydroxylamine groups is 2. The van der Waals surface area contributed by atoms with E-state index < -0.39 is 17.5 Å². The number of phenolic OH excluding ortho intramolecular Hbond substituents is 1. The number of hydrogen-bond donors (Lipinski definition) is 2. The molecule has 0 saturated heterocycles. The van der Waals surface area contributed by atoms with Crippen molar-refractivity contribution in [2.75, 3.05) is 7.05 Å². The van der Waals surface area contributed by atoms with Gasteiger partial charge in [-0.2, -0.15) is 0 Å². The maximum absolute atomic E-state index is 11.5. The molecule has 2 N–H and O–H groups in total. The van der Waals surface area contributed by atoms with Gasteiger partial charge in [-0.05, 0) is 24.6 Å². The molecule has 0 aliphatic rings. The molecule has 0 heterocycles. The SMILES string of the molecule is C=CC(=O)ON(C)C(C)(Cc1ccc(O)cc1)C(=O)O. The van der Waals surface area contributed by atoms with Gasteiger partial charge in [-0.1, -0.05) is 18.7 Å². The summed E-state index contributed by atoms with van der Waals surface area (Å²) in [4.78, 5) is 27.5. The maximum Gasteiger partial charge on any atom is 0.349 e. The molecule has 108 valence electrons. The molecule has 1 atom stereocenters. The number of aliphatic carboxylic acids is 1. The Labute approximate surface area is 116 Å². The molecular weight excluding hydrogens is 262 g/mol. The Kier molecular flexibility index (Phi) is 4.88. The molecule has 20 heavy (non-hydrogen) atoms. The van der Waals surface area contributed by atoms with E-state index in [4.69, 9.17) is 4.84 Å². The van der Waals surface area contributed by atoms with Crippen molar-refractivity contribution in [2.45, 2.75) is 18.9 Å². The lowest BCUT2D eigenvalue weighted by molar-refractivity contribution is -0.210. The average Bonchev–Trinajstić information content (AvgIpc) is 2.40. The van der Waals surface area contributed by atoms with Crippen molar-refractivity contribution in [2.24, 2.45) is 0 Å². The van der Waals surface area contributed by atoms with Crippen LogP contribution in [0.2, 0.25) is 0 Å². The summed E-state index contributed by atoms with van der Waals surface area (Å²) < 4.78 is 0. The van der Waals surface area contributed by atoms with Crippen LogP contribution in [-0.4, -0.2) is 39.8 Å². The van der Waals surface area contributed by atoms with Gasteiger partial charge in [-0.25, -0.2) is 4.79 Å². The van der Waals surface area contributed by atoms with Crippen LogP contribution in [0.3, 0.4) is 0 Å². The van der Waals surface area contributed by atoms with E-state index in [1.54, 1.807) is 12.1 Å². The lowest BCUT2D eigenvalue weighted by atomic mass is 9.92. The lowest BCUT2D eigenvalue weighted by Gasteiger charge is -2.33. The highest BCUT2D eigenvalue weighted by Crippen LogP contribution is 2.22. The second-order valence-electron chi connectivity index (χ2n) is 4.53. The molecular formula is C14H17NO5. The molecule has 0 spiro atoms. The zero-order valence-corrected chi connectivity index (χ0v) is 11.4. The smallest absolute Gasteiger partial charge is 0.349 e. The fourth-order valence-electron chi connectivity index (χ4n) is 1.61. The van der Waals surface area contributed by atoms with E-state index >= 15 is 0 Å². The number of benzene rings is 1. The lowest BCUT2D eigenvalue weighted by Crippen LogP contribution is -2.52. The van der Waals surface area contributed by atoms with Gasteiger partial charge in [0.1, 0.15) is 5.75 Å². The number of phenols is 1. The van der Waals surface area contributed by atoms with Gasteiger partial charge in [0.25, 0.3) is 0 Å². The third-order valence-corrected chi connectivity index (χ3v) is 3.03. The van der Waals surface area contributed by atoms with E-state index in [1.165, 1.54) is 26.1 Å². The molecule has 6 heteroatoms. The minimum atomic E-state index is -1.43. The summed E-state index contributed by atoms with van der Waals surface area (Å²) in [5.41, 5.74) is -0.746. The first-order valence-electron chi connectivity index (χ1n) is 5.89. The molecule has 0 fully saturated rings. The number of carboxylic acids is 1. The van der Waals surface area contributed by atoms with Crippen molar-refractivity contribution in [3.63, 3.8) is 0 Å². The molecule has 1 aromatic carbocycles. The van der Waals surface area contributed by atoms with Crippen molar-refractivity contribution in [3.8, 4) is 5.75 Å². The third kappa shape index (κ3) is 3.58. The number of likely N-dealkylation sites (N-methyl/N-ethyl adjacent to an activating group) is 1. The number of carbonyl (C=O) groups excluding carboxylic acids is 1. The minimum Gasteiger partial charge on any atom is -0.508 e. The molecule has 6 nitrogen and oxygen atoms in total. The van der Waals surface area contributed by atoms with Gasteiger partial charge in [0.05, 0.1) is 0 Å². The highest BCUT2D eigenvalue weighted by molar-refractivity contribution is 5.82. The zero-order valence-electron chi connectivity index (χ0n) is 11.4. The van der Waals surface area contributed by atoms with E-state index in [1.807, 2.05) is 0 Å². The van der Waals surface area contributed by atoms with Crippen LogP contribution in [0.1, 0.15) is 12.5 Å². The second kappa shape index (κ2) is 6.21. The van der Waals surface area contributed by atoms with Gasteiger partial charge in [-0.15, -0.1) is 5.06 Å². The van der Waals surface area contributed by atoms with Crippen LogP contribution in [0.5, 0.6) is 5.75 Å². The van der Waals surface area contributed by atoms with Crippen molar-refractivity contribution in [3.05, 3.63) is 42.5 Å². The Hall–Kier alpha value is -2.34. The average molecular weight is 279 g/mol. The van der Waals surface area contributed by atoms with Gasteiger partial charge >= 0.3 is 11.9 Å². The van der Waals surface area contributed by atoms with E-state index in [0.717, 1.165) is 11.1 Å². The van der Waals surface area contributed by atoms with Crippen molar-refractivity contribution >= 4 is 11.9 Å². The summed E-state index contributed by atoms with van der Waals surface area (Å²) in [6.45, 7) is 4.70. The fourth-order valence-corrected chi connectivity index (χ4v) is 1.61. The summed E-state index contributed by atoms with van der Waals surface area (Å²) in [5.74, 6) is -1.77. The van der Waals surface area contributed by atoms with Crippen LogP contribution in [0.15, 0.2) is 36.9 Å². The van der Waals surface area contributed by atoms with E-state index in [9.17, 15) is 19.8 Å². The van der Waals surface area contributed by atoms with Gasteiger partial charge < -0.3 is 15.1 Å². The molecule has 0 aromatic heterocycles. The van der Waals surface area contributed by atoms with Gasteiger partial charge in [0, 0.05) is 19.5 Å². The summed E-state index contributed by atoms with van der Waals surface area (Å²) in [5, 5.41) is 19.6. The zero-order chi connectivity index (χ0) is 15.3. The Balaban J connectivity index is 2.96. The molecule has 0 amide bonds. The van der Waals surface area contributed by atoms with Crippen molar-refractivity contribution in [1.82, 2.24) is 5.06 Å². The Morgan fingerprint density at radius 1 is 1.40 bits per heavy atom. The quantitative estimate of drug-likeness (QED) is 0.604. The summed E-state index contributed by atoms with van der Waals surface area (Å²) in [7, 11) is 1.37. The molecule has 0 saturated carbocycles. The van der Waals surface area contributed by atoms with Gasteiger partial charge in [-0.3, -0.25) is 4.79 Å². The number of aromatic hydroxyl groups is 1. The Bertz CT molecular complexity index is 511. The fraction of sp³-hybridized carbons (Fsp3) is 0.286. The summed E-state index contributed by atoms with van der Waals surface area (Å²) in [6, 6.07) is 6.15. The Morgan fingerprint density at radius 2 is 1.95 bits per heavy atom. The van der Waals surface area contributed by atoms with Crippen LogP contribution in [0, 0.1) is 0 Å². The normalized spacial score (nSPS) is 13.6. The van der Waals surface area contributed by atoms with Gasteiger partial charge in [0.2, 0.25) is 0 Å². The molecule has 0 aliphatic heterocycles. The summed E-state index contributed by atoms with van der Waals surface area (Å²) in [6.07, 6.45) is 1.06. The molecule has 1 unspecified atom stereocenters. The molecule has 1 aromatic rings. The van der Waals surface area contributed by atoms with E-state index in [0.29, 0.717) is 5.56 Å². The van der Waals surface area contributed by atoms with Crippen molar-refractivity contribution < 1.29 is 24.6 Å². The van der Waals surface area contributed by atoms with Crippen molar-refractivity contribution in [1.29, 1.82) is 0 Å². The first-order valence-corrected chi connectivity index (χ1v) is 5.89. The number of carboxylic acid groups (broad SMARTS) is 1. The highest BCUT2D eigenvalue weighted by Gasteiger charge is 2.40. The monoisotopic (exact) mass is 279 g/mol. The predicted octanol–water partition coefficient (Wildman–Crippen LogP) is 1.35. The largest absolute Gasteiger partial charge is 0.508 e. The molecule has 1 rings (SSSR count). The number of rotatable bonds is 6. The predicted molar refractivity (Wildman–Crippen MR) is 71.9 cm³/mol. The standard InChI is InChI=1S/C14H17NO5/c1-4-12(17)20-15(3)14(2,13(18)19)9-10-5-7-11(16)8-6-10/h4-8,16H,1,9H2,2-3H3,(H,18,19). The van der Waals surface area contributed by atoms with E-state index in [2.05, 4.69) is 6.58 Å². The van der Waals surface area contributed by atoms with Crippen LogP contribution in [0.4, 0.5) is 0 Å². The first-order chi connectivity index (χ1) is 9.29. The number of nitrogens with zero attached hydrogens (tertiary/aromatic N) is 1. The highest BCUT2D eigenvalue weighted by atomic mass is 16.7. The van der Waals surface area contributed by atoms with Gasteiger partial charge in [0.15, 0.2) is 5.54 Å².